The highest BCUT2D eigenvalue weighted by Gasteiger charge is 2.20. The summed E-state index contributed by atoms with van der Waals surface area (Å²) in [6.45, 7) is 0.919. The van der Waals surface area contributed by atoms with Crippen molar-refractivity contribution in [3.8, 4) is 5.75 Å². The van der Waals surface area contributed by atoms with Gasteiger partial charge in [0, 0.05) is 26.1 Å². The number of nitrogens with one attached hydrogen (secondary N) is 1. The lowest BCUT2D eigenvalue weighted by Crippen LogP contribution is -2.27. The Kier molecular flexibility index (Phi) is 4.20. The topological polar surface area (TPSA) is 52.0 Å². The molecule has 112 valence electrons. The summed E-state index contributed by atoms with van der Waals surface area (Å²) in [6.07, 6.45) is 6.21. The van der Waals surface area contributed by atoms with E-state index >= 15 is 0 Å². The molecule has 0 radical (unpaired) electrons. The van der Waals surface area contributed by atoms with E-state index < -0.39 is 0 Å². The molecule has 0 bridgehead atoms. The molecule has 1 N–H and O–H groups in total. The molecule has 1 aliphatic rings. The lowest BCUT2D eigenvalue weighted by molar-refractivity contribution is 0.410. The number of rotatable bonds is 5. The molecule has 0 fully saturated rings. The monoisotopic (exact) mass is 286 g/mol. The van der Waals surface area contributed by atoms with Gasteiger partial charge in [-0.05, 0) is 42.5 Å². The van der Waals surface area contributed by atoms with Gasteiger partial charge in [0.05, 0.1) is 7.11 Å². The zero-order valence-electron chi connectivity index (χ0n) is 12.7. The van der Waals surface area contributed by atoms with Crippen molar-refractivity contribution < 1.29 is 4.74 Å². The van der Waals surface area contributed by atoms with Gasteiger partial charge < -0.3 is 14.6 Å². The Balaban J connectivity index is 1.64. The van der Waals surface area contributed by atoms with Crippen molar-refractivity contribution in [2.75, 3.05) is 13.7 Å². The Morgan fingerprint density at radius 1 is 1.43 bits per heavy atom. The molecule has 1 atom stereocenters. The van der Waals surface area contributed by atoms with Crippen molar-refractivity contribution in [2.45, 2.75) is 31.7 Å². The van der Waals surface area contributed by atoms with E-state index in [2.05, 4.69) is 33.7 Å². The number of methoxy groups -OCH3 is 1. The van der Waals surface area contributed by atoms with Gasteiger partial charge in [0.2, 0.25) is 0 Å². The smallest absolute Gasteiger partial charge is 0.133 e. The molecular weight excluding hydrogens is 264 g/mol. The summed E-state index contributed by atoms with van der Waals surface area (Å²) in [4.78, 5) is 0. The predicted molar refractivity (Wildman–Crippen MR) is 81.4 cm³/mol. The number of fused-ring (bicyclic) bond motifs is 1. The zero-order chi connectivity index (χ0) is 14.7. The Morgan fingerprint density at radius 2 is 2.33 bits per heavy atom. The third kappa shape index (κ3) is 3.08. The normalized spacial score (nSPS) is 17.5. The molecule has 2 aromatic rings. The van der Waals surface area contributed by atoms with Crippen molar-refractivity contribution >= 4 is 0 Å². The van der Waals surface area contributed by atoms with Crippen LogP contribution in [-0.4, -0.2) is 28.4 Å². The fourth-order valence-corrected chi connectivity index (χ4v) is 3.02. The average molecular weight is 286 g/mol. The third-order valence-corrected chi connectivity index (χ3v) is 4.21. The third-order valence-electron chi connectivity index (χ3n) is 4.21. The van der Waals surface area contributed by atoms with Crippen LogP contribution >= 0.6 is 0 Å². The number of aromatic nitrogens is 3. The first-order chi connectivity index (χ1) is 10.3. The molecule has 1 heterocycles. The minimum absolute atomic E-state index is 0.438. The van der Waals surface area contributed by atoms with Crippen LogP contribution in [0.2, 0.25) is 0 Å². The summed E-state index contributed by atoms with van der Waals surface area (Å²) >= 11 is 0. The van der Waals surface area contributed by atoms with Crippen LogP contribution in [0.15, 0.2) is 24.5 Å². The standard InChI is InChI=1S/C16H22N4O/c1-20-11-18-19-16(20)8-9-17-15-5-3-4-12-10-13(21-2)6-7-14(12)15/h6-7,10-11,15,17H,3-5,8-9H2,1-2H3. The fraction of sp³-hybridized carbons (Fsp3) is 0.500. The second kappa shape index (κ2) is 6.26. The van der Waals surface area contributed by atoms with Crippen LogP contribution < -0.4 is 10.1 Å². The van der Waals surface area contributed by atoms with Crippen LogP contribution in [0.5, 0.6) is 5.75 Å². The highest BCUT2D eigenvalue weighted by Crippen LogP contribution is 2.32. The molecule has 3 rings (SSSR count). The van der Waals surface area contributed by atoms with Crippen molar-refractivity contribution in [1.29, 1.82) is 0 Å². The van der Waals surface area contributed by atoms with Gasteiger partial charge in [0.15, 0.2) is 0 Å². The van der Waals surface area contributed by atoms with Crippen LogP contribution in [0, 0.1) is 0 Å². The predicted octanol–water partition coefficient (Wildman–Crippen LogP) is 2.03. The molecule has 1 aromatic heterocycles. The summed E-state index contributed by atoms with van der Waals surface area (Å²) in [7, 11) is 3.71. The zero-order valence-corrected chi connectivity index (χ0v) is 12.7. The molecule has 21 heavy (non-hydrogen) atoms. The molecular formula is C16H22N4O. The van der Waals surface area contributed by atoms with Gasteiger partial charge in [0.1, 0.15) is 17.9 Å². The number of ether oxygens (including phenoxy) is 1. The molecule has 1 aromatic carbocycles. The largest absolute Gasteiger partial charge is 0.497 e. The highest BCUT2D eigenvalue weighted by atomic mass is 16.5. The van der Waals surface area contributed by atoms with Crippen LogP contribution in [0.1, 0.15) is 35.8 Å². The summed E-state index contributed by atoms with van der Waals surface area (Å²) in [6, 6.07) is 6.87. The minimum atomic E-state index is 0.438. The van der Waals surface area contributed by atoms with Gasteiger partial charge in [-0.1, -0.05) is 6.07 Å². The van der Waals surface area contributed by atoms with Crippen molar-refractivity contribution in [2.24, 2.45) is 7.05 Å². The summed E-state index contributed by atoms with van der Waals surface area (Å²) in [5, 5.41) is 11.7. The van der Waals surface area contributed by atoms with Crippen LogP contribution in [0.4, 0.5) is 0 Å². The number of nitrogens with zero attached hydrogens (tertiary/aromatic N) is 3. The highest BCUT2D eigenvalue weighted by molar-refractivity contribution is 5.39. The van der Waals surface area contributed by atoms with Crippen molar-refractivity contribution in [3.63, 3.8) is 0 Å². The first-order valence-electron chi connectivity index (χ1n) is 7.51. The van der Waals surface area contributed by atoms with Gasteiger partial charge in [-0.2, -0.15) is 0 Å². The molecule has 1 aliphatic carbocycles. The summed E-state index contributed by atoms with van der Waals surface area (Å²) in [5.74, 6) is 1.97. The van der Waals surface area contributed by atoms with E-state index in [1.54, 1.807) is 13.4 Å². The second-order valence-electron chi connectivity index (χ2n) is 5.57. The van der Waals surface area contributed by atoms with Gasteiger partial charge in [-0.25, -0.2) is 0 Å². The second-order valence-corrected chi connectivity index (χ2v) is 5.57. The fourth-order valence-electron chi connectivity index (χ4n) is 3.02. The van der Waals surface area contributed by atoms with Crippen molar-refractivity contribution in [3.05, 3.63) is 41.5 Å². The molecule has 0 spiro atoms. The molecule has 5 nitrogen and oxygen atoms in total. The molecule has 0 saturated carbocycles. The van der Waals surface area contributed by atoms with Gasteiger partial charge in [-0.3, -0.25) is 0 Å². The Hall–Kier alpha value is -1.88. The van der Waals surface area contributed by atoms with E-state index in [4.69, 9.17) is 4.74 Å². The first kappa shape index (κ1) is 14.1. The number of benzene rings is 1. The van der Waals surface area contributed by atoms with Gasteiger partial charge >= 0.3 is 0 Å². The maximum Gasteiger partial charge on any atom is 0.133 e. The minimum Gasteiger partial charge on any atom is -0.497 e. The van der Waals surface area contributed by atoms with E-state index in [1.165, 1.54) is 24.0 Å². The molecule has 0 amide bonds. The molecule has 0 aliphatic heterocycles. The van der Waals surface area contributed by atoms with E-state index in [1.807, 2.05) is 11.6 Å². The molecule has 1 unspecified atom stereocenters. The van der Waals surface area contributed by atoms with Crippen LogP contribution in [0.3, 0.4) is 0 Å². The summed E-state index contributed by atoms with van der Waals surface area (Å²) in [5.41, 5.74) is 2.83. The molecule has 5 heteroatoms. The van der Waals surface area contributed by atoms with Crippen LogP contribution in [-0.2, 0) is 19.9 Å². The average Bonchev–Trinajstić information content (AvgIpc) is 2.92. The quantitative estimate of drug-likeness (QED) is 0.914. The number of hydrogen-bond acceptors (Lipinski definition) is 4. The summed E-state index contributed by atoms with van der Waals surface area (Å²) < 4.78 is 7.29. The lowest BCUT2D eigenvalue weighted by atomic mass is 9.87. The van der Waals surface area contributed by atoms with E-state index in [0.29, 0.717) is 6.04 Å². The molecule has 0 saturated heterocycles. The number of aryl methyl sites for hydroxylation is 2. The maximum absolute atomic E-state index is 5.32. The lowest BCUT2D eigenvalue weighted by Gasteiger charge is -2.27. The van der Waals surface area contributed by atoms with E-state index in [-0.39, 0.29) is 0 Å². The Labute approximate surface area is 125 Å². The van der Waals surface area contributed by atoms with Gasteiger partial charge in [-0.15, -0.1) is 10.2 Å². The Morgan fingerprint density at radius 3 is 3.10 bits per heavy atom. The first-order valence-corrected chi connectivity index (χ1v) is 7.51. The van der Waals surface area contributed by atoms with E-state index in [0.717, 1.165) is 31.0 Å². The van der Waals surface area contributed by atoms with E-state index in [9.17, 15) is 0 Å². The maximum atomic E-state index is 5.32. The Bertz CT molecular complexity index is 608. The SMILES string of the molecule is COc1ccc2c(c1)CCCC2NCCc1nncn1C. The van der Waals surface area contributed by atoms with Crippen LogP contribution in [0.25, 0.3) is 0 Å². The van der Waals surface area contributed by atoms with Gasteiger partial charge in [0.25, 0.3) is 0 Å². The number of hydrogen-bond donors (Lipinski definition) is 1. The van der Waals surface area contributed by atoms with Crippen molar-refractivity contribution in [1.82, 2.24) is 20.1 Å².